The monoisotopic (exact) mass is 1480 g/mol. The Balaban J connectivity index is 1.18. The van der Waals surface area contributed by atoms with Gasteiger partial charge in [-0.25, -0.2) is 4.79 Å². The zero-order chi connectivity index (χ0) is 75.3. The van der Waals surface area contributed by atoms with Crippen molar-refractivity contribution in [1.29, 1.82) is 0 Å². The molecule has 0 spiro atoms. The van der Waals surface area contributed by atoms with Crippen molar-refractivity contribution in [2.75, 3.05) is 39.6 Å². The van der Waals surface area contributed by atoms with Crippen LogP contribution in [0, 0.1) is 0 Å². The molecule has 101 heavy (non-hydrogen) atoms. The van der Waals surface area contributed by atoms with Crippen molar-refractivity contribution < 1.29 is 203 Å². The predicted molar refractivity (Wildman–Crippen MR) is 314 cm³/mol. The Morgan fingerprint density at radius 3 is 1.44 bits per heavy atom. The molecule has 7 aliphatic rings. The van der Waals surface area contributed by atoms with Crippen LogP contribution in [0.15, 0.2) is 0 Å². The topological polar surface area (TPSA) is 699 Å². The molecule has 7 aliphatic heterocycles. The van der Waals surface area contributed by atoms with Crippen LogP contribution in [0.25, 0.3) is 0 Å². The Morgan fingerprint density at radius 1 is 0.455 bits per heavy atom. The average Bonchev–Trinajstić information content (AvgIpc) is 0.767. The molecule has 7 rings (SSSR count). The lowest BCUT2D eigenvalue weighted by Gasteiger charge is -2.51. The number of aliphatic hydroxyl groups is 22. The van der Waals surface area contributed by atoms with Gasteiger partial charge in [0, 0.05) is 27.2 Å². The molecule has 26 N–H and O–H groups in total. The summed E-state index contributed by atoms with van der Waals surface area (Å²) >= 11 is 0. The van der Waals surface area contributed by atoms with Crippen molar-refractivity contribution in [1.82, 2.24) is 16.0 Å². The predicted octanol–water partition coefficient (Wildman–Crippen LogP) is -16.1. The Hall–Kier alpha value is -3.56. The van der Waals surface area contributed by atoms with Crippen molar-refractivity contribution in [2.45, 2.75) is 293 Å². The van der Waals surface area contributed by atoms with Gasteiger partial charge in [0.2, 0.25) is 17.7 Å². The summed E-state index contributed by atoms with van der Waals surface area (Å²) in [5.74, 6) is -8.31. The van der Waals surface area contributed by atoms with E-state index in [9.17, 15) is 137 Å². The molecule has 0 aromatic carbocycles. The smallest absolute Gasteiger partial charge is 0.364 e. The molecule has 0 saturated carbocycles. The first-order chi connectivity index (χ1) is 47.4. The largest absolute Gasteiger partial charge is 0.477 e. The lowest BCUT2D eigenvalue weighted by molar-refractivity contribution is -0.399. The number of aliphatic hydroxyl groups excluding tert-OH is 22. The third-order valence-corrected chi connectivity index (χ3v) is 18.4. The van der Waals surface area contributed by atoms with Gasteiger partial charge in [-0.1, -0.05) is 0 Å². The summed E-state index contributed by atoms with van der Waals surface area (Å²) in [6.07, 6.45) is -74.1. The lowest BCUT2D eigenvalue weighted by Crippen LogP contribution is -2.71. The van der Waals surface area contributed by atoms with Crippen molar-refractivity contribution in [2.24, 2.45) is 0 Å². The second-order valence-electron chi connectivity index (χ2n) is 25.8. The fourth-order valence-electron chi connectivity index (χ4n) is 12.6. The number of aliphatic carboxylic acids is 1. The minimum Gasteiger partial charge on any atom is -0.477 e. The number of carbonyl (C=O) groups excluding carboxylic acids is 3. The van der Waals surface area contributed by atoms with Gasteiger partial charge in [0.05, 0.1) is 70.1 Å². The summed E-state index contributed by atoms with van der Waals surface area (Å²) in [4.78, 5) is 51.8. The van der Waals surface area contributed by atoms with Crippen LogP contribution in [-0.2, 0) is 85.5 Å². The van der Waals surface area contributed by atoms with E-state index in [1.807, 2.05) is 0 Å². The maximum atomic E-state index is 13.5. The number of carboxylic acid groups (broad SMARTS) is 1. The molecular formula is C57H97N3O41. The van der Waals surface area contributed by atoms with Crippen LogP contribution >= 0.6 is 0 Å². The minimum atomic E-state index is -3.33. The lowest BCUT2D eigenvalue weighted by atomic mass is 9.90. The number of amides is 3. The molecule has 7 fully saturated rings. The van der Waals surface area contributed by atoms with E-state index in [2.05, 4.69) is 16.0 Å². The number of nitrogens with one attached hydrogen (secondary N) is 3. The van der Waals surface area contributed by atoms with Crippen LogP contribution in [0.2, 0.25) is 0 Å². The number of rotatable bonds is 29. The Bertz CT molecular complexity index is 2640. The van der Waals surface area contributed by atoms with Gasteiger partial charge in [-0.3, -0.25) is 14.4 Å². The quantitative estimate of drug-likeness (QED) is 0.0331. The van der Waals surface area contributed by atoms with Gasteiger partial charge in [0.1, 0.15) is 171 Å². The summed E-state index contributed by atoms with van der Waals surface area (Å²) in [6.45, 7) is -0.742. The highest BCUT2D eigenvalue weighted by Gasteiger charge is 2.61. The molecule has 7 saturated heterocycles. The van der Waals surface area contributed by atoms with E-state index in [4.69, 9.17) is 66.3 Å². The fourth-order valence-corrected chi connectivity index (χ4v) is 12.6. The molecule has 0 unspecified atom stereocenters. The molecule has 0 aliphatic carbocycles. The highest BCUT2D eigenvalue weighted by atomic mass is 16.8. The van der Waals surface area contributed by atoms with Crippen molar-refractivity contribution in [3.63, 3.8) is 0 Å². The Morgan fingerprint density at radius 2 is 0.931 bits per heavy atom. The molecule has 3 amide bonds. The molecule has 44 nitrogen and oxygen atoms in total. The first-order valence-corrected chi connectivity index (χ1v) is 32.2. The van der Waals surface area contributed by atoms with E-state index in [0.717, 1.165) is 20.8 Å². The van der Waals surface area contributed by atoms with Crippen molar-refractivity contribution in [3.05, 3.63) is 0 Å². The van der Waals surface area contributed by atoms with E-state index in [0.29, 0.717) is 0 Å². The molecule has 0 aromatic rings. The van der Waals surface area contributed by atoms with Gasteiger partial charge in [0.15, 0.2) is 37.7 Å². The number of carboxylic acids is 1. The maximum absolute atomic E-state index is 13.5. The van der Waals surface area contributed by atoms with Crippen LogP contribution in [-0.4, -0.2) is 426 Å². The van der Waals surface area contributed by atoms with Crippen molar-refractivity contribution >= 4 is 23.7 Å². The summed E-state index contributed by atoms with van der Waals surface area (Å²) in [5, 5.41) is 260. The molecule has 40 atom stereocenters. The van der Waals surface area contributed by atoms with E-state index in [1.165, 1.54) is 20.8 Å². The highest BCUT2D eigenvalue weighted by molar-refractivity contribution is 5.76. The molecular weight excluding hydrogens is 1380 g/mol. The molecule has 0 aromatic heterocycles. The average molecular weight is 1480 g/mol. The molecule has 586 valence electrons. The minimum absolute atomic E-state index is 0.842. The van der Waals surface area contributed by atoms with Gasteiger partial charge >= 0.3 is 5.97 Å². The number of ether oxygens (including phenoxy) is 14. The zero-order valence-electron chi connectivity index (χ0n) is 55.1. The number of hydrogen-bond donors (Lipinski definition) is 26. The standard InChI is InChI=1S/C57H97N3O41/c1-14-29(71)39(81)41(83)52(89-14)98-46-31(73)16(3)91-54(43(46)85)92-23-7-57(56(86)87,101-47(35(23)77)32(74)21(69)9-62)88-13-22(70)33(75)44(20(8-61)58-17(4)66)96-51-28(60-19(6)68)38(80)45(26(12-65)95-51)97-55-49(100-53-42(84)40(82)30(72)15(2)90-53)48(36(78)25(11-64)94-55)99-50-27(59-18(5)67)37(79)34(76)24(10-63)93-50/h14-16,20-55,61-65,69-85H,7-13H2,1-6H3,(H,58,66)(H,59,67)(H,60,68)(H,86,87)/t14-,15-,16-,20-,21+,22+,23-,24+,25+,26+,27+,28+,29+,30+,31+,32+,33-,34-,35+,36-,37+,38+,39+,40+,41-,42-,43-,44+,45+,46+,47-,48-,49+,50-,51-,52-,53-,54-,55-,57+/m0/s1. The Kier molecular flexibility index (Phi) is 30.5. The van der Waals surface area contributed by atoms with E-state index < -0.39 is 315 Å². The van der Waals surface area contributed by atoms with E-state index >= 15 is 0 Å². The maximum Gasteiger partial charge on any atom is 0.364 e. The van der Waals surface area contributed by atoms with Gasteiger partial charge in [-0.05, 0) is 20.8 Å². The van der Waals surface area contributed by atoms with Crippen LogP contribution in [0.3, 0.4) is 0 Å². The van der Waals surface area contributed by atoms with Crippen LogP contribution < -0.4 is 16.0 Å². The number of carbonyl (C=O) groups is 4. The molecule has 0 radical (unpaired) electrons. The third-order valence-electron chi connectivity index (χ3n) is 18.4. The number of hydrogen-bond acceptors (Lipinski definition) is 40. The van der Waals surface area contributed by atoms with Crippen LogP contribution in [0.4, 0.5) is 0 Å². The van der Waals surface area contributed by atoms with Gasteiger partial charge in [-0.2, -0.15) is 0 Å². The second kappa shape index (κ2) is 36.4. The third kappa shape index (κ3) is 19.1. The summed E-state index contributed by atoms with van der Waals surface area (Å²) in [5.41, 5.74) is 0. The normalized spacial score (nSPS) is 45.7. The Labute approximate surface area is 573 Å². The van der Waals surface area contributed by atoms with E-state index in [1.54, 1.807) is 0 Å². The summed E-state index contributed by atoms with van der Waals surface area (Å²) < 4.78 is 82.0. The van der Waals surface area contributed by atoms with Crippen molar-refractivity contribution in [3.8, 4) is 0 Å². The summed E-state index contributed by atoms with van der Waals surface area (Å²) in [6, 6.07) is -5.71. The molecule has 0 bridgehead atoms. The molecule has 44 heteroatoms. The SMILES string of the molecule is CC(=O)N[C@H]1[C@H](O[C@@H]([C@@H](O)[C@H](O)CO[C@]2(C(=O)O)C[C@H](O[C@@H]3O[C@@H](C)[C@@H](O)[C@@H](O[C@@H]4O[C@@H](C)[C@@H](O)[C@@H](O)[C@@H]4O)[C@@H]3O)[C@@H](O)[C@H]([C@H](O)[C@H](O)CO)O2)[C@H](CO)NC(C)=O)O[C@H](CO)[C@@H](O[C@@H]2O[C@H](CO)[C@H](O)[C@H](O[C@@H]3O[C@H](CO)[C@H](O)[C@H](O)[C@H]3NC(C)=O)[C@H]2O[C@@H]2O[C@@H](C)[C@@H](O)[C@@H](O)[C@@H]2O)[C@@H]1O. The second-order valence-corrected chi connectivity index (χ2v) is 25.8. The zero-order valence-corrected chi connectivity index (χ0v) is 55.1. The first kappa shape index (κ1) is 84.7. The van der Waals surface area contributed by atoms with Gasteiger partial charge in [0.25, 0.3) is 5.79 Å². The van der Waals surface area contributed by atoms with Crippen LogP contribution in [0.1, 0.15) is 48.0 Å². The summed E-state index contributed by atoms with van der Waals surface area (Å²) in [7, 11) is 0. The highest BCUT2D eigenvalue weighted by Crippen LogP contribution is 2.41. The fraction of sp³-hybridized carbons (Fsp3) is 0.930. The van der Waals surface area contributed by atoms with Crippen LogP contribution in [0.5, 0.6) is 0 Å². The molecule has 7 heterocycles. The van der Waals surface area contributed by atoms with Gasteiger partial charge in [-0.15, -0.1) is 0 Å². The van der Waals surface area contributed by atoms with E-state index in [-0.39, 0.29) is 0 Å². The van der Waals surface area contributed by atoms with Gasteiger partial charge < -0.3 is 200 Å². The first-order valence-electron chi connectivity index (χ1n) is 32.2.